The minimum absolute atomic E-state index is 0.197. The van der Waals surface area contributed by atoms with Crippen molar-refractivity contribution in [1.82, 2.24) is 9.80 Å². The van der Waals surface area contributed by atoms with Gasteiger partial charge in [0.05, 0.1) is 0 Å². The molecule has 0 bridgehead atoms. The molecule has 35 heavy (non-hydrogen) atoms. The summed E-state index contributed by atoms with van der Waals surface area (Å²) in [6, 6.07) is 0. The third-order valence-electron chi connectivity index (χ3n) is 4.67. The van der Waals surface area contributed by atoms with Gasteiger partial charge in [-0.05, 0) is 0 Å². The fourth-order valence-electron chi connectivity index (χ4n) is 2.70. The van der Waals surface area contributed by atoms with Gasteiger partial charge in [0.25, 0.3) is 0 Å². The van der Waals surface area contributed by atoms with Crippen LogP contribution in [0.1, 0.15) is 39.5 Å². The predicted molar refractivity (Wildman–Crippen MR) is 135 cm³/mol. The van der Waals surface area contributed by atoms with E-state index in [4.69, 9.17) is 15.6 Å². The zero-order chi connectivity index (χ0) is 26.7. The zero-order valence-corrected chi connectivity index (χ0v) is 24.9. The van der Waals surface area contributed by atoms with Crippen molar-refractivity contribution in [1.29, 1.82) is 0 Å². The summed E-state index contributed by atoms with van der Waals surface area (Å²) in [4.78, 5) is 52.4. The first-order valence-corrected chi connectivity index (χ1v) is 18.3. The van der Waals surface area contributed by atoms with Gasteiger partial charge in [-0.2, -0.15) is 0 Å². The first-order valence-electron chi connectivity index (χ1n) is 12.0. The van der Waals surface area contributed by atoms with Gasteiger partial charge in [-0.3, -0.25) is 0 Å². The Kier molecular flexibility index (Phi) is 18.2. The summed E-state index contributed by atoms with van der Waals surface area (Å²) in [5.74, 6) is -2.78. The average molecular weight is 605 g/mol. The molecule has 10 nitrogen and oxygen atoms in total. The molecule has 0 aromatic heterocycles. The second-order valence-electron chi connectivity index (χ2n) is 8.57. The van der Waals surface area contributed by atoms with E-state index in [1.54, 1.807) is 0 Å². The molecule has 0 aliphatic carbocycles. The van der Waals surface area contributed by atoms with Crippen LogP contribution in [0.15, 0.2) is 24.3 Å². The van der Waals surface area contributed by atoms with Crippen molar-refractivity contribution >= 4 is 43.1 Å². The summed E-state index contributed by atoms with van der Waals surface area (Å²) in [6.07, 6.45) is 7.17. The van der Waals surface area contributed by atoms with Gasteiger partial charge in [0.15, 0.2) is 0 Å². The Morgan fingerprint density at radius 3 is 1.29 bits per heavy atom. The van der Waals surface area contributed by atoms with Gasteiger partial charge in [0, 0.05) is 0 Å². The summed E-state index contributed by atoms with van der Waals surface area (Å²) in [6.45, 7) is 5.50. The summed E-state index contributed by atoms with van der Waals surface area (Å²) in [7, 11) is 7.41. The molecule has 0 unspecified atom stereocenters. The van der Waals surface area contributed by atoms with Gasteiger partial charge < -0.3 is 0 Å². The number of nitrogens with zero attached hydrogens (tertiary/aromatic N) is 2. The number of ether oxygens (including phenoxy) is 2. The van der Waals surface area contributed by atoms with E-state index in [-0.39, 0.29) is 13.2 Å². The third kappa shape index (κ3) is 18.1. The molecule has 0 aromatic rings. The average Bonchev–Trinajstić information content (AvgIpc) is 2.78. The standard InChI is InChI=1S/2C8H13NO4.2C4H9.Sn/c2*1-9(2)5-6-13-8(12)4-3-7(10)11;2*1-3-4-2;/h2*3-4H,5-6H2,1-2H3,(H,10,11);2*1,3-4H2,2H3;/q;;;;+2/p-2/b2*4-3-;;;. The molecule has 11 heteroatoms. The van der Waals surface area contributed by atoms with Crippen molar-refractivity contribution in [3.05, 3.63) is 24.3 Å². The van der Waals surface area contributed by atoms with Crippen LogP contribution in [-0.4, -0.2) is 107 Å². The maximum atomic E-state index is 12.5. The molecule has 0 fully saturated rings. The Hall–Kier alpha value is -1.92. The van der Waals surface area contributed by atoms with Crippen molar-refractivity contribution in [3.8, 4) is 0 Å². The molecule has 0 atom stereocenters. The number of hydrogen-bond acceptors (Lipinski definition) is 10. The number of esters is 2. The van der Waals surface area contributed by atoms with E-state index in [1.807, 2.05) is 51.8 Å². The molecule has 0 spiro atoms. The molecule has 0 heterocycles. The number of carbonyl (C=O) groups is 4. The van der Waals surface area contributed by atoms with E-state index in [9.17, 15) is 19.2 Å². The number of carbonyl (C=O) groups excluding carboxylic acids is 4. The Labute approximate surface area is 214 Å². The van der Waals surface area contributed by atoms with Crippen LogP contribution >= 0.6 is 0 Å². The minimum atomic E-state index is -4.22. The van der Waals surface area contributed by atoms with Crippen LogP contribution < -0.4 is 0 Å². The second kappa shape index (κ2) is 19.3. The quantitative estimate of drug-likeness (QED) is 0.131. The third-order valence-corrected chi connectivity index (χ3v) is 14.3. The van der Waals surface area contributed by atoms with Crippen molar-refractivity contribution in [2.24, 2.45) is 0 Å². The molecular formula is C24H42N2O8Sn. The molecule has 0 radical (unpaired) electrons. The first-order chi connectivity index (χ1) is 16.5. The van der Waals surface area contributed by atoms with Crippen LogP contribution in [0.25, 0.3) is 0 Å². The number of rotatable bonds is 18. The topological polar surface area (TPSA) is 112 Å². The number of likely N-dealkylation sites (N-methyl/N-ethyl adjacent to an activating group) is 2. The SMILES string of the molecule is CCC[CH2][Sn]([CH2]CCC)([O]C(=O)/C=C\C(=O)OCCN(C)C)[O]C(=O)/C=C\C(=O)OCCN(C)C. The van der Waals surface area contributed by atoms with Crippen LogP contribution in [0.2, 0.25) is 8.87 Å². The molecule has 0 N–H and O–H groups in total. The van der Waals surface area contributed by atoms with Crippen LogP contribution in [0.3, 0.4) is 0 Å². The molecule has 0 amide bonds. The fourth-order valence-corrected chi connectivity index (χ4v) is 12.3. The zero-order valence-electron chi connectivity index (χ0n) is 22.0. The normalized spacial score (nSPS) is 11.9. The fraction of sp³-hybridized carbons (Fsp3) is 0.667. The Morgan fingerprint density at radius 1 is 0.629 bits per heavy atom. The molecule has 0 saturated heterocycles. The van der Waals surface area contributed by atoms with Crippen LogP contribution in [0.5, 0.6) is 0 Å². The van der Waals surface area contributed by atoms with E-state index in [1.165, 1.54) is 0 Å². The van der Waals surface area contributed by atoms with E-state index in [2.05, 4.69) is 0 Å². The predicted octanol–water partition coefficient (Wildman–Crippen LogP) is 2.44. The Bertz CT molecular complexity index is 662. The first kappa shape index (κ1) is 33.1. The number of hydrogen-bond donors (Lipinski definition) is 0. The van der Waals surface area contributed by atoms with Crippen molar-refractivity contribution in [2.45, 2.75) is 48.4 Å². The monoisotopic (exact) mass is 606 g/mol. The molecule has 0 aliphatic rings. The van der Waals surface area contributed by atoms with Crippen molar-refractivity contribution < 1.29 is 34.8 Å². The van der Waals surface area contributed by atoms with E-state index in [0.29, 0.717) is 22.0 Å². The van der Waals surface area contributed by atoms with Gasteiger partial charge in [-0.1, -0.05) is 0 Å². The summed E-state index contributed by atoms with van der Waals surface area (Å²) >= 11 is -4.22. The Morgan fingerprint density at radius 2 is 0.971 bits per heavy atom. The van der Waals surface area contributed by atoms with Crippen molar-refractivity contribution in [2.75, 3.05) is 54.5 Å². The number of unbranched alkanes of at least 4 members (excludes halogenated alkanes) is 2. The molecule has 0 aromatic carbocycles. The summed E-state index contributed by atoms with van der Waals surface area (Å²) in [5.41, 5.74) is 0. The molecule has 0 rings (SSSR count). The van der Waals surface area contributed by atoms with Gasteiger partial charge in [0.1, 0.15) is 0 Å². The molecule has 0 saturated carbocycles. The van der Waals surface area contributed by atoms with Gasteiger partial charge in [0.2, 0.25) is 0 Å². The summed E-state index contributed by atoms with van der Waals surface area (Å²) in [5, 5.41) is 0. The van der Waals surface area contributed by atoms with Crippen LogP contribution in [0.4, 0.5) is 0 Å². The van der Waals surface area contributed by atoms with E-state index < -0.39 is 43.1 Å². The molecule has 0 aliphatic heterocycles. The molecule has 200 valence electrons. The van der Waals surface area contributed by atoms with Crippen LogP contribution in [-0.2, 0) is 34.8 Å². The van der Waals surface area contributed by atoms with E-state index in [0.717, 1.165) is 50.0 Å². The van der Waals surface area contributed by atoms with E-state index >= 15 is 0 Å². The van der Waals surface area contributed by atoms with Gasteiger partial charge in [-0.25, -0.2) is 0 Å². The summed E-state index contributed by atoms with van der Waals surface area (Å²) < 4.78 is 22.6. The van der Waals surface area contributed by atoms with Crippen LogP contribution in [0, 0.1) is 0 Å². The second-order valence-corrected chi connectivity index (χ2v) is 17.8. The van der Waals surface area contributed by atoms with Gasteiger partial charge >= 0.3 is 215 Å². The Balaban J connectivity index is 5.25. The molecular weight excluding hydrogens is 563 g/mol. The van der Waals surface area contributed by atoms with Crippen molar-refractivity contribution in [3.63, 3.8) is 0 Å². The van der Waals surface area contributed by atoms with Gasteiger partial charge in [-0.15, -0.1) is 0 Å². The maximum absolute atomic E-state index is 12.5.